The molecular weight excluding hydrogens is 298 g/mol. The molecule has 7 heteroatoms. The van der Waals surface area contributed by atoms with E-state index in [0.29, 0.717) is 5.82 Å². The zero-order valence-corrected chi connectivity index (χ0v) is 13.3. The summed E-state index contributed by atoms with van der Waals surface area (Å²) in [6, 6.07) is 5.65. The van der Waals surface area contributed by atoms with Crippen molar-refractivity contribution >= 4 is 23.1 Å². The van der Waals surface area contributed by atoms with Crippen LogP contribution < -0.4 is 5.32 Å². The van der Waals surface area contributed by atoms with Gasteiger partial charge in [-0.05, 0) is 38.4 Å². The summed E-state index contributed by atoms with van der Waals surface area (Å²) >= 11 is 1.56. The number of carbonyl (C=O) groups is 1. The molecule has 1 fully saturated rings. The summed E-state index contributed by atoms with van der Waals surface area (Å²) in [5.41, 5.74) is 2.65. The molecule has 1 N–H and O–H groups in total. The van der Waals surface area contributed by atoms with E-state index in [0.717, 1.165) is 43.2 Å². The number of amides is 1. The lowest BCUT2D eigenvalue weighted by molar-refractivity contribution is -0.121. The molecule has 0 aliphatic carbocycles. The number of nitrogens with one attached hydrogen (secondary N) is 1. The molecule has 1 aliphatic heterocycles. The monoisotopic (exact) mass is 317 g/mol. The molecule has 22 heavy (non-hydrogen) atoms. The van der Waals surface area contributed by atoms with Crippen molar-refractivity contribution in [1.29, 1.82) is 0 Å². The summed E-state index contributed by atoms with van der Waals surface area (Å²) in [7, 11) is 0. The number of pyridine rings is 1. The first kappa shape index (κ1) is 15.1. The predicted octanol–water partition coefficient (Wildman–Crippen LogP) is 2.09. The van der Waals surface area contributed by atoms with Crippen LogP contribution in [0.1, 0.15) is 23.5 Å². The van der Waals surface area contributed by atoms with Crippen LogP contribution in [0.25, 0.3) is 0 Å². The summed E-state index contributed by atoms with van der Waals surface area (Å²) in [5.74, 6) is 0.690. The Hall–Kier alpha value is -1.86. The molecule has 2 aromatic rings. The van der Waals surface area contributed by atoms with Gasteiger partial charge in [0.05, 0.1) is 12.5 Å². The van der Waals surface area contributed by atoms with E-state index in [-0.39, 0.29) is 11.8 Å². The van der Waals surface area contributed by atoms with E-state index in [1.165, 1.54) is 0 Å². The number of piperidine rings is 1. The minimum atomic E-state index is 0.00369. The largest absolute Gasteiger partial charge is 0.310 e. The first-order chi connectivity index (χ1) is 10.7. The second-order valence-electron chi connectivity index (χ2n) is 5.56. The van der Waals surface area contributed by atoms with Crippen LogP contribution in [0.2, 0.25) is 0 Å². The zero-order valence-electron chi connectivity index (χ0n) is 12.5. The molecule has 1 aliphatic rings. The maximum Gasteiger partial charge on any atom is 0.229 e. The molecule has 0 spiro atoms. The second kappa shape index (κ2) is 6.93. The fourth-order valence-corrected chi connectivity index (χ4v) is 3.28. The Morgan fingerprint density at radius 3 is 3.18 bits per heavy atom. The average Bonchev–Trinajstić information content (AvgIpc) is 3.00. The van der Waals surface area contributed by atoms with Crippen LogP contribution in [-0.2, 0) is 11.3 Å². The summed E-state index contributed by atoms with van der Waals surface area (Å²) < 4.78 is 0. The van der Waals surface area contributed by atoms with Crippen LogP contribution in [0.3, 0.4) is 0 Å². The number of hydrogen-bond donors (Lipinski definition) is 1. The van der Waals surface area contributed by atoms with Gasteiger partial charge in [0.15, 0.2) is 0 Å². The number of anilines is 1. The third-order valence-electron chi connectivity index (χ3n) is 3.78. The van der Waals surface area contributed by atoms with Gasteiger partial charge >= 0.3 is 0 Å². The molecule has 0 bridgehead atoms. The SMILES string of the molecule is Cc1cccc(NC(=O)C2CCCN(Cc3nncs3)C2)n1. The molecule has 0 radical (unpaired) electrons. The molecule has 0 saturated carbocycles. The number of aromatic nitrogens is 3. The molecule has 2 aromatic heterocycles. The molecule has 1 unspecified atom stereocenters. The van der Waals surface area contributed by atoms with E-state index in [1.54, 1.807) is 16.8 Å². The highest BCUT2D eigenvalue weighted by Gasteiger charge is 2.26. The van der Waals surface area contributed by atoms with E-state index in [4.69, 9.17) is 0 Å². The number of aryl methyl sites for hydroxylation is 1. The third-order valence-corrected chi connectivity index (χ3v) is 4.46. The van der Waals surface area contributed by atoms with Crippen molar-refractivity contribution in [3.63, 3.8) is 0 Å². The molecular formula is C15H19N5OS. The number of rotatable bonds is 4. The first-order valence-corrected chi connectivity index (χ1v) is 8.30. The molecule has 1 atom stereocenters. The van der Waals surface area contributed by atoms with Crippen LogP contribution in [0.5, 0.6) is 0 Å². The standard InChI is InChI=1S/C15H19N5OS/c1-11-4-2-6-13(17-11)18-15(21)12-5-3-7-20(8-12)9-14-19-16-10-22-14/h2,4,6,10,12H,3,5,7-9H2,1H3,(H,17,18,21). The summed E-state index contributed by atoms with van der Waals surface area (Å²) in [5, 5.41) is 11.9. The van der Waals surface area contributed by atoms with Gasteiger partial charge in [-0.15, -0.1) is 21.5 Å². The average molecular weight is 317 g/mol. The van der Waals surface area contributed by atoms with Crippen molar-refractivity contribution < 1.29 is 4.79 Å². The highest BCUT2D eigenvalue weighted by atomic mass is 32.1. The van der Waals surface area contributed by atoms with E-state index in [9.17, 15) is 4.79 Å². The smallest absolute Gasteiger partial charge is 0.229 e. The van der Waals surface area contributed by atoms with Gasteiger partial charge in [-0.25, -0.2) is 4.98 Å². The normalized spacial score (nSPS) is 19.0. The highest BCUT2D eigenvalue weighted by Crippen LogP contribution is 2.20. The van der Waals surface area contributed by atoms with Crippen molar-refractivity contribution in [3.05, 3.63) is 34.4 Å². The maximum atomic E-state index is 12.4. The van der Waals surface area contributed by atoms with Gasteiger partial charge < -0.3 is 5.32 Å². The highest BCUT2D eigenvalue weighted by molar-refractivity contribution is 7.09. The van der Waals surface area contributed by atoms with Crippen molar-refractivity contribution in [1.82, 2.24) is 20.1 Å². The summed E-state index contributed by atoms with van der Waals surface area (Å²) in [4.78, 5) is 19.0. The van der Waals surface area contributed by atoms with Crippen molar-refractivity contribution in [2.45, 2.75) is 26.3 Å². The van der Waals surface area contributed by atoms with Gasteiger partial charge in [0.2, 0.25) is 5.91 Å². The molecule has 6 nitrogen and oxygen atoms in total. The lowest BCUT2D eigenvalue weighted by atomic mass is 9.97. The quantitative estimate of drug-likeness (QED) is 0.935. The first-order valence-electron chi connectivity index (χ1n) is 7.42. The van der Waals surface area contributed by atoms with Crippen LogP contribution >= 0.6 is 11.3 Å². The number of likely N-dealkylation sites (tertiary alicyclic amines) is 1. The van der Waals surface area contributed by atoms with Gasteiger partial charge in [0, 0.05) is 12.2 Å². The third kappa shape index (κ3) is 3.86. The topological polar surface area (TPSA) is 71.0 Å². The van der Waals surface area contributed by atoms with Gasteiger partial charge in [-0.1, -0.05) is 6.07 Å². The van der Waals surface area contributed by atoms with E-state index in [2.05, 4.69) is 25.4 Å². The lowest BCUT2D eigenvalue weighted by Crippen LogP contribution is -2.40. The molecule has 0 aromatic carbocycles. The van der Waals surface area contributed by atoms with Crippen LogP contribution in [-0.4, -0.2) is 39.1 Å². The molecule has 3 heterocycles. The Bertz CT molecular complexity index is 631. The van der Waals surface area contributed by atoms with Crippen LogP contribution in [0, 0.1) is 12.8 Å². The second-order valence-corrected chi connectivity index (χ2v) is 6.48. The molecule has 116 valence electrons. The number of carbonyl (C=O) groups excluding carboxylic acids is 1. The van der Waals surface area contributed by atoms with Gasteiger partial charge in [0.25, 0.3) is 0 Å². The number of hydrogen-bond acceptors (Lipinski definition) is 6. The maximum absolute atomic E-state index is 12.4. The fourth-order valence-electron chi connectivity index (χ4n) is 2.71. The Morgan fingerprint density at radius 2 is 2.41 bits per heavy atom. The van der Waals surface area contributed by atoms with Crippen molar-refractivity contribution in [2.75, 3.05) is 18.4 Å². The molecule has 1 amide bonds. The summed E-state index contributed by atoms with van der Waals surface area (Å²) in [6.07, 6.45) is 1.95. The Morgan fingerprint density at radius 1 is 1.50 bits per heavy atom. The van der Waals surface area contributed by atoms with E-state index >= 15 is 0 Å². The Kier molecular flexibility index (Phi) is 4.74. The van der Waals surface area contributed by atoms with E-state index < -0.39 is 0 Å². The van der Waals surface area contributed by atoms with Crippen LogP contribution in [0.15, 0.2) is 23.7 Å². The minimum Gasteiger partial charge on any atom is -0.310 e. The van der Waals surface area contributed by atoms with Crippen LogP contribution in [0.4, 0.5) is 5.82 Å². The zero-order chi connectivity index (χ0) is 15.4. The Labute approximate surface area is 133 Å². The number of nitrogens with zero attached hydrogens (tertiary/aromatic N) is 4. The van der Waals surface area contributed by atoms with E-state index in [1.807, 2.05) is 25.1 Å². The summed E-state index contributed by atoms with van der Waals surface area (Å²) in [6.45, 7) is 4.46. The van der Waals surface area contributed by atoms with Crippen molar-refractivity contribution in [2.24, 2.45) is 5.92 Å². The fraction of sp³-hybridized carbons (Fsp3) is 0.467. The van der Waals surface area contributed by atoms with Gasteiger partial charge in [0.1, 0.15) is 16.3 Å². The van der Waals surface area contributed by atoms with Gasteiger partial charge in [-0.2, -0.15) is 0 Å². The van der Waals surface area contributed by atoms with Crippen molar-refractivity contribution in [3.8, 4) is 0 Å². The predicted molar refractivity (Wildman–Crippen MR) is 85.5 cm³/mol. The molecule has 3 rings (SSSR count). The lowest BCUT2D eigenvalue weighted by Gasteiger charge is -2.31. The van der Waals surface area contributed by atoms with Gasteiger partial charge in [-0.3, -0.25) is 9.69 Å². The molecule has 1 saturated heterocycles. The Balaban J connectivity index is 1.58. The minimum absolute atomic E-state index is 0.00369.